The van der Waals surface area contributed by atoms with Crippen LogP contribution in [0.25, 0.3) is 11.0 Å². The lowest BCUT2D eigenvalue weighted by Crippen LogP contribution is -2.26. The second kappa shape index (κ2) is 4.77. The van der Waals surface area contributed by atoms with Crippen molar-refractivity contribution in [1.29, 1.82) is 0 Å². The molecular weight excluding hydrogens is 257 g/mol. The number of amides is 1. The van der Waals surface area contributed by atoms with Crippen LogP contribution in [0.2, 0.25) is 0 Å². The number of rotatable bonds is 2. The van der Waals surface area contributed by atoms with Gasteiger partial charge < -0.3 is 9.88 Å². The van der Waals surface area contributed by atoms with E-state index >= 15 is 0 Å². The van der Waals surface area contributed by atoms with E-state index in [1.807, 2.05) is 0 Å². The number of imidazole rings is 1. The van der Waals surface area contributed by atoms with Crippen LogP contribution in [0.1, 0.15) is 10.4 Å². The van der Waals surface area contributed by atoms with E-state index in [1.54, 1.807) is 43.7 Å². The minimum atomic E-state index is -0.325. The topological polar surface area (TPSA) is 49.0 Å². The summed E-state index contributed by atoms with van der Waals surface area (Å²) in [6.07, 6.45) is 1.59. The van der Waals surface area contributed by atoms with Crippen molar-refractivity contribution >= 4 is 22.6 Å². The molecular formula is C15H12FN3O. The van der Waals surface area contributed by atoms with Crippen LogP contribution in [0.15, 0.2) is 48.8 Å². The fraction of sp³-hybridized carbons (Fsp3) is 0.0667. The summed E-state index contributed by atoms with van der Waals surface area (Å²) in [6, 6.07) is 11.1. The van der Waals surface area contributed by atoms with Crippen LogP contribution < -0.4 is 4.90 Å². The van der Waals surface area contributed by atoms with Gasteiger partial charge in [0, 0.05) is 18.3 Å². The number of nitrogens with one attached hydrogen (secondary N) is 1. The quantitative estimate of drug-likeness (QED) is 0.777. The van der Waals surface area contributed by atoms with E-state index in [-0.39, 0.29) is 11.7 Å². The van der Waals surface area contributed by atoms with Crippen molar-refractivity contribution < 1.29 is 9.18 Å². The van der Waals surface area contributed by atoms with Gasteiger partial charge in [0.25, 0.3) is 5.91 Å². The van der Waals surface area contributed by atoms with Crippen LogP contribution in [-0.2, 0) is 0 Å². The van der Waals surface area contributed by atoms with E-state index in [4.69, 9.17) is 0 Å². The molecule has 0 bridgehead atoms. The fourth-order valence-electron chi connectivity index (χ4n) is 2.04. The molecule has 0 radical (unpaired) electrons. The van der Waals surface area contributed by atoms with Crippen molar-refractivity contribution in [1.82, 2.24) is 9.97 Å². The average Bonchev–Trinajstić information content (AvgIpc) is 2.94. The van der Waals surface area contributed by atoms with Crippen LogP contribution in [0, 0.1) is 5.82 Å². The van der Waals surface area contributed by atoms with Crippen molar-refractivity contribution in [3.63, 3.8) is 0 Å². The summed E-state index contributed by atoms with van der Waals surface area (Å²) >= 11 is 0. The van der Waals surface area contributed by atoms with Gasteiger partial charge in [0.1, 0.15) is 5.82 Å². The number of hydrogen-bond donors (Lipinski definition) is 1. The lowest BCUT2D eigenvalue weighted by atomic mass is 10.1. The van der Waals surface area contributed by atoms with Crippen molar-refractivity contribution in [3.05, 3.63) is 60.2 Å². The predicted octanol–water partition coefficient (Wildman–Crippen LogP) is 2.98. The monoisotopic (exact) mass is 269 g/mol. The summed E-state index contributed by atoms with van der Waals surface area (Å²) in [5.74, 6) is -0.485. The zero-order valence-corrected chi connectivity index (χ0v) is 10.8. The highest BCUT2D eigenvalue weighted by Gasteiger charge is 2.14. The molecule has 5 heteroatoms. The first-order chi connectivity index (χ1) is 9.65. The first kappa shape index (κ1) is 12.3. The van der Waals surface area contributed by atoms with Crippen molar-refractivity contribution in [2.45, 2.75) is 0 Å². The maximum absolute atomic E-state index is 12.9. The maximum Gasteiger partial charge on any atom is 0.258 e. The van der Waals surface area contributed by atoms with Gasteiger partial charge in [0.2, 0.25) is 0 Å². The molecule has 4 nitrogen and oxygen atoms in total. The Kier molecular flexibility index (Phi) is 2.95. The summed E-state index contributed by atoms with van der Waals surface area (Å²) < 4.78 is 12.9. The van der Waals surface area contributed by atoms with Gasteiger partial charge in [-0.15, -0.1) is 0 Å². The first-order valence-electron chi connectivity index (χ1n) is 6.12. The molecule has 1 aromatic heterocycles. The highest BCUT2D eigenvalue weighted by atomic mass is 19.1. The average molecular weight is 269 g/mol. The lowest BCUT2D eigenvalue weighted by molar-refractivity contribution is 0.0993. The third-order valence-electron chi connectivity index (χ3n) is 3.19. The third kappa shape index (κ3) is 2.14. The van der Waals surface area contributed by atoms with Gasteiger partial charge in [-0.3, -0.25) is 4.79 Å². The van der Waals surface area contributed by atoms with E-state index in [2.05, 4.69) is 9.97 Å². The minimum Gasteiger partial charge on any atom is -0.345 e. The molecule has 0 aliphatic rings. The number of anilines is 1. The SMILES string of the molecule is CN(C(=O)c1ccc2nc[nH]c2c1)c1ccc(F)cc1. The Morgan fingerprint density at radius 3 is 2.70 bits per heavy atom. The van der Waals surface area contributed by atoms with Gasteiger partial charge in [0.15, 0.2) is 0 Å². The summed E-state index contributed by atoms with van der Waals surface area (Å²) in [6.45, 7) is 0. The van der Waals surface area contributed by atoms with Crippen molar-refractivity contribution in [3.8, 4) is 0 Å². The number of aromatic nitrogens is 2. The minimum absolute atomic E-state index is 0.159. The lowest BCUT2D eigenvalue weighted by Gasteiger charge is -2.17. The van der Waals surface area contributed by atoms with E-state index in [9.17, 15) is 9.18 Å². The molecule has 0 aliphatic heterocycles. The Morgan fingerprint density at radius 1 is 1.20 bits per heavy atom. The van der Waals surface area contributed by atoms with Crippen LogP contribution in [0.3, 0.4) is 0 Å². The van der Waals surface area contributed by atoms with Gasteiger partial charge in [0.05, 0.1) is 17.4 Å². The Hall–Kier alpha value is -2.69. The van der Waals surface area contributed by atoms with Crippen LogP contribution in [-0.4, -0.2) is 22.9 Å². The van der Waals surface area contributed by atoms with E-state index in [0.29, 0.717) is 11.3 Å². The summed E-state index contributed by atoms with van der Waals surface area (Å²) in [5, 5.41) is 0. The van der Waals surface area contributed by atoms with Crippen LogP contribution >= 0.6 is 0 Å². The number of benzene rings is 2. The maximum atomic E-state index is 12.9. The Balaban J connectivity index is 1.92. The standard InChI is InChI=1S/C15H12FN3O/c1-19(12-5-3-11(16)4-6-12)15(20)10-2-7-13-14(8-10)18-9-17-13/h2-9H,1H3,(H,17,18). The molecule has 0 fully saturated rings. The number of hydrogen-bond acceptors (Lipinski definition) is 2. The molecule has 0 atom stereocenters. The molecule has 100 valence electrons. The second-order valence-electron chi connectivity index (χ2n) is 4.48. The number of H-pyrrole nitrogens is 1. The van der Waals surface area contributed by atoms with Gasteiger partial charge in [-0.25, -0.2) is 9.37 Å². The molecule has 0 spiro atoms. The smallest absolute Gasteiger partial charge is 0.258 e. The molecule has 2 aromatic carbocycles. The largest absolute Gasteiger partial charge is 0.345 e. The highest BCUT2D eigenvalue weighted by molar-refractivity contribution is 6.07. The number of nitrogens with zero attached hydrogens (tertiary/aromatic N) is 2. The number of carbonyl (C=O) groups excluding carboxylic acids is 1. The van der Waals surface area contributed by atoms with Gasteiger partial charge in [-0.2, -0.15) is 0 Å². The van der Waals surface area contributed by atoms with Crippen molar-refractivity contribution in [2.24, 2.45) is 0 Å². The van der Waals surface area contributed by atoms with Crippen LogP contribution in [0.4, 0.5) is 10.1 Å². The van der Waals surface area contributed by atoms with Gasteiger partial charge >= 0.3 is 0 Å². The molecule has 20 heavy (non-hydrogen) atoms. The van der Waals surface area contributed by atoms with Crippen molar-refractivity contribution in [2.75, 3.05) is 11.9 Å². The molecule has 3 aromatic rings. The fourth-order valence-corrected chi connectivity index (χ4v) is 2.04. The Labute approximate surface area is 114 Å². The van der Waals surface area contributed by atoms with Gasteiger partial charge in [-0.05, 0) is 42.5 Å². The second-order valence-corrected chi connectivity index (χ2v) is 4.48. The number of aromatic amines is 1. The Bertz CT molecular complexity index is 764. The normalized spacial score (nSPS) is 10.7. The first-order valence-corrected chi connectivity index (χ1v) is 6.12. The van der Waals surface area contributed by atoms with Gasteiger partial charge in [-0.1, -0.05) is 0 Å². The zero-order chi connectivity index (χ0) is 14.1. The highest BCUT2D eigenvalue weighted by Crippen LogP contribution is 2.18. The Morgan fingerprint density at radius 2 is 1.95 bits per heavy atom. The predicted molar refractivity (Wildman–Crippen MR) is 75.2 cm³/mol. The number of carbonyl (C=O) groups is 1. The third-order valence-corrected chi connectivity index (χ3v) is 3.19. The molecule has 0 saturated carbocycles. The molecule has 1 heterocycles. The van der Waals surface area contributed by atoms with E-state index < -0.39 is 0 Å². The molecule has 0 unspecified atom stereocenters. The molecule has 3 rings (SSSR count). The summed E-state index contributed by atoms with van der Waals surface area (Å²) in [5.41, 5.74) is 2.81. The van der Waals surface area contributed by atoms with Crippen LogP contribution in [0.5, 0.6) is 0 Å². The zero-order valence-electron chi connectivity index (χ0n) is 10.8. The van der Waals surface area contributed by atoms with E-state index in [0.717, 1.165) is 11.0 Å². The molecule has 1 amide bonds. The summed E-state index contributed by atoms with van der Waals surface area (Å²) in [7, 11) is 1.66. The van der Waals surface area contributed by atoms with E-state index in [1.165, 1.54) is 17.0 Å². The molecule has 0 aliphatic carbocycles. The number of fused-ring (bicyclic) bond motifs is 1. The summed E-state index contributed by atoms with van der Waals surface area (Å²) in [4.78, 5) is 21.0. The molecule has 0 saturated heterocycles. The number of halogens is 1. The molecule has 1 N–H and O–H groups in total.